The molecule has 0 bridgehead atoms. The number of aliphatic imine (C=N–C) groups is 1. The second-order valence-corrected chi connectivity index (χ2v) is 4.45. The highest BCUT2D eigenvalue weighted by molar-refractivity contribution is 5.92. The Kier molecular flexibility index (Phi) is 3.29. The van der Waals surface area contributed by atoms with E-state index in [0.29, 0.717) is 0 Å². The van der Waals surface area contributed by atoms with Crippen LogP contribution in [0.4, 0.5) is 0 Å². The predicted molar refractivity (Wildman–Crippen MR) is 56.5 cm³/mol. The third kappa shape index (κ3) is 2.14. The fourth-order valence-electron chi connectivity index (χ4n) is 1.45. The topological polar surface area (TPSA) is 38.7 Å². The van der Waals surface area contributed by atoms with Crippen LogP contribution < -0.4 is 0 Å². The van der Waals surface area contributed by atoms with Gasteiger partial charge in [-0.3, -0.25) is 4.79 Å². The molecule has 80 valence electrons. The van der Waals surface area contributed by atoms with Crippen molar-refractivity contribution in [1.29, 1.82) is 0 Å². The lowest BCUT2D eigenvalue weighted by Gasteiger charge is -2.13. The molecule has 0 spiro atoms. The molecule has 0 saturated heterocycles. The normalized spacial score (nSPS) is 26.6. The van der Waals surface area contributed by atoms with Crippen molar-refractivity contribution >= 4 is 11.7 Å². The van der Waals surface area contributed by atoms with Gasteiger partial charge in [0.25, 0.3) is 0 Å². The summed E-state index contributed by atoms with van der Waals surface area (Å²) in [5.41, 5.74) is 0. The van der Waals surface area contributed by atoms with Crippen molar-refractivity contribution in [2.75, 3.05) is 0 Å². The highest BCUT2D eigenvalue weighted by atomic mass is 16.5. The molecule has 14 heavy (non-hydrogen) atoms. The van der Waals surface area contributed by atoms with Gasteiger partial charge in [-0.2, -0.15) is 0 Å². The highest BCUT2D eigenvalue weighted by Gasteiger charge is 2.34. The maximum atomic E-state index is 11.7. The maximum Gasteiger partial charge on any atom is 0.187 e. The van der Waals surface area contributed by atoms with Crippen molar-refractivity contribution in [3.05, 3.63) is 0 Å². The van der Waals surface area contributed by atoms with E-state index in [1.165, 1.54) is 0 Å². The Morgan fingerprint density at radius 3 is 2.29 bits per heavy atom. The Hall–Kier alpha value is -0.860. The van der Waals surface area contributed by atoms with Crippen LogP contribution in [0.25, 0.3) is 0 Å². The third-order valence-corrected chi connectivity index (χ3v) is 2.37. The van der Waals surface area contributed by atoms with Crippen LogP contribution in [0.3, 0.4) is 0 Å². The van der Waals surface area contributed by atoms with Gasteiger partial charge in [-0.1, -0.05) is 27.7 Å². The van der Waals surface area contributed by atoms with Crippen LogP contribution in [0.5, 0.6) is 0 Å². The van der Waals surface area contributed by atoms with E-state index in [0.717, 1.165) is 5.90 Å². The van der Waals surface area contributed by atoms with E-state index >= 15 is 0 Å². The van der Waals surface area contributed by atoms with Crippen LogP contribution in [-0.4, -0.2) is 23.8 Å². The average molecular weight is 197 g/mol. The van der Waals surface area contributed by atoms with Crippen LogP contribution in [-0.2, 0) is 9.53 Å². The second kappa shape index (κ2) is 4.11. The molecule has 0 saturated carbocycles. The molecule has 0 radical (unpaired) electrons. The molecule has 2 atom stereocenters. The van der Waals surface area contributed by atoms with E-state index in [-0.39, 0.29) is 29.8 Å². The zero-order chi connectivity index (χ0) is 10.9. The number of Topliss-reactive ketones (excluding diaryl/α,β-unsaturated/α-hetero) is 1. The number of carbonyl (C=O) groups is 1. The summed E-state index contributed by atoms with van der Waals surface area (Å²) in [7, 11) is 0. The highest BCUT2D eigenvalue weighted by Crippen LogP contribution is 2.20. The summed E-state index contributed by atoms with van der Waals surface area (Å²) in [6.07, 6.45) is -0.0951. The number of carbonyl (C=O) groups excluding carboxylic acids is 1. The van der Waals surface area contributed by atoms with Crippen LogP contribution in [0.2, 0.25) is 0 Å². The smallest absolute Gasteiger partial charge is 0.187 e. The fourth-order valence-corrected chi connectivity index (χ4v) is 1.45. The molecule has 0 N–H and O–H groups in total. The third-order valence-electron chi connectivity index (χ3n) is 2.37. The molecule has 2 unspecified atom stereocenters. The summed E-state index contributed by atoms with van der Waals surface area (Å²) in [4.78, 5) is 16.1. The Morgan fingerprint density at radius 1 is 1.36 bits per heavy atom. The standard InChI is InChI=1S/C11H19NO2/c1-6(2)10(13)9-8(5)14-11(12-9)7(3)4/h6-9H,1-5H3. The molecular formula is C11H19NO2. The molecule has 1 aliphatic rings. The SMILES string of the molecule is CC(C)C(=O)C1N=C(C(C)C)OC1C. The molecule has 0 aliphatic carbocycles. The van der Waals surface area contributed by atoms with Crippen LogP contribution >= 0.6 is 0 Å². The number of rotatable bonds is 3. The Morgan fingerprint density at radius 2 is 1.93 bits per heavy atom. The molecule has 3 heteroatoms. The van der Waals surface area contributed by atoms with Gasteiger partial charge >= 0.3 is 0 Å². The lowest BCUT2D eigenvalue weighted by molar-refractivity contribution is -0.124. The van der Waals surface area contributed by atoms with Gasteiger partial charge in [0.15, 0.2) is 11.7 Å². The van der Waals surface area contributed by atoms with E-state index in [2.05, 4.69) is 4.99 Å². The number of ether oxygens (including phenoxy) is 1. The van der Waals surface area contributed by atoms with Gasteiger partial charge in [0, 0.05) is 11.8 Å². The van der Waals surface area contributed by atoms with Gasteiger partial charge in [-0.05, 0) is 6.92 Å². The first-order valence-electron chi connectivity index (χ1n) is 5.21. The Balaban J connectivity index is 2.76. The number of hydrogen-bond donors (Lipinski definition) is 0. The van der Waals surface area contributed by atoms with Gasteiger partial charge in [-0.15, -0.1) is 0 Å². The molecule has 0 aromatic carbocycles. The van der Waals surface area contributed by atoms with E-state index in [1.807, 2.05) is 34.6 Å². The minimum Gasteiger partial charge on any atom is -0.475 e. The van der Waals surface area contributed by atoms with Crippen molar-refractivity contribution in [3.8, 4) is 0 Å². The summed E-state index contributed by atoms with van der Waals surface area (Å²) < 4.78 is 5.54. The van der Waals surface area contributed by atoms with E-state index < -0.39 is 0 Å². The van der Waals surface area contributed by atoms with Gasteiger partial charge < -0.3 is 4.74 Å². The van der Waals surface area contributed by atoms with Crippen LogP contribution in [0, 0.1) is 11.8 Å². The monoisotopic (exact) mass is 197 g/mol. The minimum atomic E-state index is -0.285. The van der Waals surface area contributed by atoms with Crippen LogP contribution in [0.15, 0.2) is 4.99 Å². The minimum absolute atomic E-state index is 0.0290. The van der Waals surface area contributed by atoms with E-state index in [9.17, 15) is 4.79 Å². The zero-order valence-corrected chi connectivity index (χ0v) is 9.57. The summed E-state index contributed by atoms with van der Waals surface area (Å²) in [6, 6.07) is -0.285. The fraction of sp³-hybridized carbons (Fsp3) is 0.818. The Labute approximate surface area is 85.6 Å². The molecule has 1 heterocycles. The molecule has 1 rings (SSSR count). The Bertz CT molecular complexity index is 256. The van der Waals surface area contributed by atoms with Crippen molar-refractivity contribution < 1.29 is 9.53 Å². The molecule has 3 nitrogen and oxygen atoms in total. The first-order valence-corrected chi connectivity index (χ1v) is 5.21. The first kappa shape index (κ1) is 11.2. The van der Waals surface area contributed by atoms with Crippen molar-refractivity contribution in [2.24, 2.45) is 16.8 Å². The lowest BCUT2D eigenvalue weighted by Crippen LogP contribution is -2.31. The zero-order valence-electron chi connectivity index (χ0n) is 9.57. The van der Waals surface area contributed by atoms with Gasteiger partial charge in [0.1, 0.15) is 12.1 Å². The van der Waals surface area contributed by atoms with Gasteiger partial charge in [-0.25, -0.2) is 4.99 Å². The number of nitrogens with zero attached hydrogens (tertiary/aromatic N) is 1. The lowest BCUT2D eigenvalue weighted by atomic mass is 9.99. The largest absolute Gasteiger partial charge is 0.475 e. The summed E-state index contributed by atoms with van der Waals surface area (Å²) >= 11 is 0. The number of hydrogen-bond acceptors (Lipinski definition) is 3. The van der Waals surface area contributed by atoms with Crippen molar-refractivity contribution in [2.45, 2.75) is 46.8 Å². The molecule has 0 fully saturated rings. The molecule has 1 aliphatic heterocycles. The van der Waals surface area contributed by atoms with Gasteiger partial charge in [0.05, 0.1) is 0 Å². The van der Waals surface area contributed by atoms with Gasteiger partial charge in [0.2, 0.25) is 0 Å². The van der Waals surface area contributed by atoms with E-state index in [4.69, 9.17) is 4.74 Å². The quantitative estimate of drug-likeness (QED) is 0.694. The second-order valence-electron chi connectivity index (χ2n) is 4.45. The van der Waals surface area contributed by atoms with E-state index in [1.54, 1.807) is 0 Å². The molecule has 0 aromatic heterocycles. The van der Waals surface area contributed by atoms with Crippen molar-refractivity contribution in [1.82, 2.24) is 0 Å². The number of ketones is 1. The molecule has 0 amide bonds. The molecule has 0 aromatic rings. The summed E-state index contributed by atoms with van der Waals surface area (Å²) in [6.45, 7) is 9.75. The maximum absolute atomic E-state index is 11.7. The molecular weight excluding hydrogens is 178 g/mol. The first-order chi connectivity index (χ1) is 6.43. The average Bonchev–Trinajstić information content (AvgIpc) is 2.46. The summed E-state index contributed by atoms with van der Waals surface area (Å²) in [5, 5.41) is 0. The predicted octanol–water partition coefficient (Wildman–Crippen LogP) is 2.05. The summed E-state index contributed by atoms with van der Waals surface area (Å²) in [5.74, 6) is 1.19. The van der Waals surface area contributed by atoms with Crippen molar-refractivity contribution in [3.63, 3.8) is 0 Å². The van der Waals surface area contributed by atoms with Crippen LogP contribution in [0.1, 0.15) is 34.6 Å².